The van der Waals surface area contributed by atoms with Crippen molar-refractivity contribution in [3.8, 4) is 0 Å². The smallest absolute Gasteiger partial charge is 0.147 e. The molecule has 2 aliphatic heterocycles. The molecule has 16 heavy (non-hydrogen) atoms. The van der Waals surface area contributed by atoms with Crippen LogP contribution in [-0.4, -0.2) is 43.4 Å². The van der Waals surface area contributed by atoms with E-state index in [1.54, 1.807) is 13.3 Å². The first kappa shape index (κ1) is 9.99. The lowest BCUT2D eigenvalue weighted by atomic mass is 9.78. The summed E-state index contributed by atoms with van der Waals surface area (Å²) in [6.45, 7) is 4.39. The van der Waals surface area contributed by atoms with Gasteiger partial charge in [0.1, 0.15) is 5.82 Å². The molecule has 1 spiro atoms. The molecule has 2 saturated heterocycles. The van der Waals surface area contributed by atoms with Gasteiger partial charge in [-0.2, -0.15) is 0 Å². The van der Waals surface area contributed by atoms with Crippen LogP contribution in [0.25, 0.3) is 0 Å². The molecule has 0 aliphatic carbocycles. The molecule has 0 aromatic carbocycles. The maximum absolute atomic E-state index is 5.24. The number of hydrogen-bond acceptors (Lipinski definition) is 5. The molecular formula is C11H15N3O2. The minimum Gasteiger partial charge on any atom is -0.380 e. The lowest BCUT2D eigenvalue weighted by Gasteiger charge is -2.55. The Bertz CT molecular complexity index is 385. The number of ether oxygens (including phenoxy) is 2. The average molecular weight is 221 g/mol. The summed E-state index contributed by atoms with van der Waals surface area (Å²) in [4.78, 5) is 10.9. The molecule has 1 aromatic heterocycles. The highest BCUT2D eigenvalue weighted by Gasteiger charge is 2.49. The maximum Gasteiger partial charge on any atom is 0.147 e. The fourth-order valence-corrected chi connectivity index (χ4v) is 2.26. The first-order valence-corrected chi connectivity index (χ1v) is 5.44. The van der Waals surface area contributed by atoms with Crippen LogP contribution >= 0.6 is 0 Å². The molecule has 0 saturated carbocycles. The Kier molecular flexibility index (Phi) is 2.29. The Morgan fingerprint density at radius 2 is 2.25 bits per heavy atom. The fourth-order valence-electron chi connectivity index (χ4n) is 2.26. The normalized spacial score (nSPS) is 21.7. The molecule has 0 atom stereocenters. The monoisotopic (exact) mass is 221 g/mol. The predicted octanol–water partition coefficient (Wildman–Crippen LogP) is 0.460. The van der Waals surface area contributed by atoms with Gasteiger partial charge >= 0.3 is 0 Å². The van der Waals surface area contributed by atoms with Crippen molar-refractivity contribution in [2.45, 2.75) is 6.61 Å². The van der Waals surface area contributed by atoms with E-state index < -0.39 is 0 Å². The topological polar surface area (TPSA) is 47.5 Å². The van der Waals surface area contributed by atoms with Crippen molar-refractivity contribution in [1.29, 1.82) is 0 Å². The van der Waals surface area contributed by atoms with Crippen molar-refractivity contribution < 1.29 is 9.47 Å². The molecule has 0 N–H and O–H groups in total. The zero-order chi connectivity index (χ0) is 11.0. The number of rotatable bonds is 3. The summed E-state index contributed by atoms with van der Waals surface area (Å²) in [5.41, 5.74) is 1.30. The van der Waals surface area contributed by atoms with E-state index in [0.29, 0.717) is 12.0 Å². The van der Waals surface area contributed by atoms with Gasteiger partial charge in [0.25, 0.3) is 0 Å². The fraction of sp³-hybridized carbons (Fsp3) is 0.636. The summed E-state index contributed by atoms with van der Waals surface area (Å²) in [5.74, 6) is 0.951. The first-order valence-electron chi connectivity index (χ1n) is 5.44. The van der Waals surface area contributed by atoms with Gasteiger partial charge in [0, 0.05) is 20.2 Å². The van der Waals surface area contributed by atoms with Crippen LogP contribution in [0, 0.1) is 5.41 Å². The lowest BCUT2D eigenvalue weighted by Crippen LogP contribution is -2.66. The highest BCUT2D eigenvalue weighted by atomic mass is 16.5. The number of nitrogens with zero attached hydrogens (tertiary/aromatic N) is 3. The van der Waals surface area contributed by atoms with Crippen LogP contribution in [0.2, 0.25) is 0 Å². The third-order valence-corrected chi connectivity index (χ3v) is 3.16. The van der Waals surface area contributed by atoms with Gasteiger partial charge in [0.2, 0.25) is 0 Å². The van der Waals surface area contributed by atoms with E-state index in [2.05, 4.69) is 14.9 Å². The second kappa shape index (κ2) is 3.68. The predicted molar refractivity (Wildman–Crippen MR) is 58.2 cm³/mol. The minimum absolute atomic E-state index is 0.416. The number of aromatic nitrogens is 2. The SMILES string of the molecule is COCc1cncc(N2CC3(COC3)C2)n1. The molecule has 0 amide bonds. The summed E-state index contributed by atoms with van der Waals surface area (Å²) >= 11 is 0. The Morgan fingerprint density at radius 3 is 2.88 bits per heavy atom. The summed E-state index contributed by atoms with van der Waals surface area (Å²) in [7, 11) is 1.67. The molecule has 5 heteroatoms. The molecule has 0 bridgehead atoms. The molecule has 0 unspecified atom stereocenters. The van der Waals surface area contributed by atoms with E-state index in [1.165, 1.54) is 0 Å². The van der Waals surface area contributed by atoms with Crippen molar-refractivity contribution in [2.75, 3.05) is 38.3 Å². The van der Waals surface area contributed by atoms with E-state index in [4.69, 9.17) is 9.47 Å². The Hall–Kier alpha value is -1.20. The third kappa shape index (κ3) is 1.56. The Morgan fingerprint density at radius 1 is 1.44 bits per heavy atom. The van der Waals surface area contributed by atoms with E-state index in [0.717, 1.165) is 37.8 Å². The third-order valence-electron chi connectivity index (χ3n) is 3.16. The van der Waals surface area contributed by atoms with Crippen LogP contribution < -0.4 is 4.90 Å². The molecule has 1 aromatic rings. The maximum atomic E-state index is 5.24. The minimum atomic E-state index is 0.416. The van der Waals surface area contributed by atoms with E-state index in [1.807, 2.05) is 6.20 Å². The molecule has 3 rings (SSSR count). The van der Waals surface area contributed by atoms with Gasteiger partial charge in [0.05, 0.1) is 43.3 Å². The van der Waals surface area contributed by atoms with Gasteiger partial charge in [0.15, 0.2) is 0 Å². The van der Waals surface area contributed by atoms with Crippen LogP contribution in [-0.2, 0) is 16.1 Å². The summed E-state index contributed by atoms with van der Waals surface area (Å²) < 4.78 is 10.3. The number of anilines is 1. The van der Waals surface area contributed by atoms with Crippen LogP contribution in [0.4, 0.5) is 5.82 Å². The highest BCUT2D eigenvalue weighted by molar-refractivity contribution is 5.42. The van der Waals surface area contributed by atoms with Crippen LogP contribution in [0.3, 0.4) is 0 Å². The van der Waals surface area contributed by atoms with Crippen molar-refractivity contribution in [2.24, 2.45) is 5.41 Å². The zero-order valence-corrected chi connectivity index (χ0v) is 9.35. The second-order valence-corrected chi connectivity index (χ2v) is 4.65. The van der Waals surface area contributed by atoms with Gasteiger partial charge in [-0.15, -0.1) is 0 Å². The number of hydrogen-bond donors (Lipinski definition) is 0. The molecule has 5 nitrogen and oxygen atoms in total. The Labute approximate surface area is 94.4 Å². The largest absolute Gasteiger partial charge is 0.380 e. The quantitative estimate of drug-likeness (QED) is 0.742. The van der Waals surface area contributed by atoms with E-state index in [9.17, 15) is 0 Å². The summed E-state index contributed by atoms with van der Waals surface area (Å²) in [6, 6.07) is 0. The van der Waals surface area contributed by atoms with Crippen molar-refractivity contribution in [3.05, 3.63) is 18.1 Å². The number of methoxy groups -OCH3 is 1. The average Bonchev–Trinajstić information content (AvgIpc) is 2.14. The van der Waals surface area contributed by atoms with Crippen LogP contribution in [0.15, 0.2) is 12.4 Å². The molecule has 2 fully saturated rings. The second-order valence-electron chi connectivity index (χ2n) is 4.65. The molecule has 2 aliphatic rings. The summed E-state index contributed by atoms with van der Waals surface area (Å²) in [6.07, 6.45) is 3.56. The van der Waals surface area contributed by atoms with Crippen LogP contribution in [0.5, 0.6) is 0 Å². The van der Waals surface area contributed by atoms with Crippen molar-refractivity contribution >= 4 is 5.82 Å². The van der Waals surface area contributed by atoms with Crippen LogP contribution in [0.1, 0.15) is 5.69 Å². The molecule has 3 heterocycles. The van der Waals surface area contributed by atoms with E-state index >= 15 is 0 Å². The standard InChI is InChI=1S/C11H15N3O2/c1-15-4-9-2-12-3-10(13-9)14-5-11(6-14)7-16-8-11/h2-3H,4-8H2,1H3. The van der Waals surface area contributed by atoms with Crippen molar-refractivity contribution in [1.82, 2.24) is 9.97 Å². The molecular weight excluding hydrogens is 206 g/mol. The van der Waals surface area contributed by atoms with Gasteiger partial charge in [-0.1, -0.05) is 0 Å². The first-order chi connectivity index (χ1) is 7.81. The molecule has 0 radical (unpaired) electrons. The lowest BCUT2D eigenvalue weighted by molar-refractivity contribution is -0.127. The van der Waals surface area contributed by atoms with Gasteiger partial charge < -0.3 is 14.4 Å². The Balaban J connectivity index is 1.68. The van der Waals surface area contributed by atoms with Gasteiger partial charge in [-0.3, -0.25) is 4.98 Å². The van der Waals surface area contributed by atoms with Crippen molar-refractivity contribution in [3.63, 3.8) is 0 Å². The van der Waals surface area contributed by atoms with E-state index in [-0.39, 0.29) is 0 Å². The highest BCUT2D eigenvalue weighted by Crippen LogP contribution is 2.39. The zero-order valence-electron chi connectivity index (χ0n) is 9.35. The summed E-state index contributed by atoms with van der Waals surface area (Å²) in [5, 5.41) is 0. The van der Waals surface area contributed by atoms with Gasteiger partial charge in [-0.05, 0) is 0 Å². The molecule has 86 valence electrons. The van der Waals surface area contributed by atoms with Gasteiger partial charge in [-0.25, -0.2) is 4.98 Å².